The van der Waals surface area contributed by atoms with Gasteiger partial charge in [0.05, 0.1) is 5.69 Å². The number of hydrogen-bond acceptors (Lipinski definition) is 2. The van der Waals surface area contributed by atoms with Crippen molar-refractivity contribution in [2.75, 3.05) is 5.43 Å². The molecule has 5 nitrogen and oxygen atoms in total. The summed E-state index contributed by atoms with van der Waals surface area (Å²) >= 11 is 6.46. The molecule has 78 valence electrons. The van der Waals surface area contributed by atoms with E-state index in [1.165, 1.54) is 0 Å². The molecule has 0 atom stereocenters. The molecule has 0 spiro atoms. The molecule has 0 heterocycles. The molecule has 0 fully saturated rings. The molecular weight excluding hydrogens is 339 g/mol. The van der Waals surface area contributed by atoms with Gasteiger partial charge in [0.2, 0.25) is 0 Å². The van der Waals surface area contributed by atoms with E-state index in [0.29, 0.717) is 10.2 Å². The number of rotatable bonds is 3. The fraction of sp³-hybridized carbons (Fsp3) is 0. The zero-order chi connectivity index (χ0) is 10.8. The molecule has 1 rings (SSSR count). The molecule has 4 N–H and O–H groups in total. The molecule has 14 heavy (non-hydrogen) atoms. The highest BCUT2D eigenvalue weighted by Crippen LogP contribution is 2.30. The molecule has 8 heteroatoms. The molecule has 0 bridgehead atoms. The Kier molecular flexibility index (Phi) is 4.12. The van der Waals surface area contributed by atoms with Crippen molar-refractivity contribution in [3.8, 4) is 0 Å². The van der Waals surface area contributed by atoms with E-state index in [-0.39, 0.29) is 0 Å². The largest absolute Gasteiger partial charge is 0.417 e. The topological polar surface area (TPSA) is 81.6 Å². The molecule has 1 aromatic carbocycles. The summed E-state index contributed by atoms with van der Waals surface area (Å²) in [4.78, 5) is 17.1. The lowest BCUT2D eigenvalue weighted by molar-refractivity contribution is 0.362. The van der Waals surface area contributed by atoms with Gasteiger partial charge in [0.1, 0.15) is 0 Å². The van der Waals surface area contributed by atoms with E-state index >= 15 is 0 Å². The zero-order valence-electron chi connectivity index (χ0n) is 6.74. The summed E-state index contributed by atoms with van der Waals surface area (Å²) < 4.78 is 12.0. The van der Waals surface area contributed by atoms with E-state index in [2.05, 4.69) is 37.3 Å². The normalized spacial score (nSPS) is 11.4. The van der Waals surface area contributed by atoms with Crippen LogP contribution in [0.25, 0.3) is 0 Å². The third-order valence-corrected chi connectivity index (χ3v) is 2.85. The lowest BCUT2D eigenvalue weighted by Crippen LogP contribution is -2.17. The molecule has 0 saturated heterocycles. The fourth-order valence-electron chi connectivity index (χ4n) is 0.726. The van der Waals surface area contributed by atoms with E-state index in [0.717, 1.165) is 4.47 Å². The second-order valence-electron chi connectivity index (χ2n) is 2.41. The van der Waals surface area contributed by atoms with Crippen LogP contribution in [-0.4, -0.2) is 9.79 Å². The minimum Gasteiger partial charge on any atom is -0.311 e. The monoisotopic (exact) mass is 344 g/mol. The highest BCUT2D eigenvalue weighted by molar-refractivity contribution is 9.11. The highest BCUT2D eigenvalue weighted by atomic mass is 79.9. The fourth-order valence-corrected chi connectivity index (χ4v) is 1.70. The molecular formula is C6H7Br2N2O3P. The van der Waals surface area contributed by atoms with Gasteiger partial charge in [-0.15, -0.1) is 5.20 Å². The van der Waals surface area contributed by atoms with Crippen LogP contribution >= 0.6 is 39.6 Å². The summed E-state index contributed by atoms with van der Waals surface area (Å²) in [6.45, 7) is 0. The third kappa shape index (κ3) is 4.08. The van der Waals surface area contributed by atoms with Crippen molar-refractivity contribution in [1.29, 1.82) is 0 Å². The molecule has 1 aromatic rings. The average molecular weight is 346 g/mol. The average Bonchev–Trinajstić information content (AvgIpc) is 2.05. The van der Waals surface area contributed by atoms with Crippen molar-refractivity contribution in [1.82, 2.24) is 5.20 Å². The first-order valence-electron chi connectivity index (χ1n) is 3.42. The summed E-state index contributed by atoms with van der Waals surface area (Å²) in [5, 5.41) is 1.87. The Bertz CT molecular complexity index is 381. The van der Waals surface area contributed by atoms with Gasteiger partial charge in [-0.2, -0.15) is 0 Å². The number of anilines is 1. The SMILES string of the molecule is O=P(O)(O)NNc1cc(Br)ccc1Br. The maximum atomic E-state index is 10.5. The maximum absolute atomic E-state index is 10.5. The van der Waals surface area contributed by atoms with E-state index in [1.807, 2.05) is 5.20 Å². The molecule has 0 aromatic heterocycles. The quantitative estimate of drug-likeness (QED) is 0.499. The van der Waals surface area contributed by atoms with Gasteiger partial charge < -0.3 is 15.2 Å². The Morgan fingerprint density at radius 3 is 2.50 bits per heavy atom. The Hall–Kier alpha value is 0.0900. The lowest BCUT2D eigenvalue weighted by atomic mass is 10.3. The Labute approximate surface area is 97.3 Å². The van der Waals surface area contributed by atoms with Gasteiger partial charge in [0, 0.05) is 8.95 Å². The molecule has 0 unspecified atom stereocenters. The summed E-state index contributed by atoms with van der Waals surface area (Å²) in [5.74, 6) is 0. The first-order chi connectivity index (χ1) is 6.38. The van der Waals surface area contributed by atoms with Crippen LogP contribution in [0.3, 0.4) is 0 Å². The van der Waals surface area contributed by atoms with Gasteiger partial charge in [-0.3, -0.25) is 0 Å². The Balaban J connectivity index is 2.76. The molecule has 0 amide bonds. The predicted molar refractivity (Wildman–Crippen MR) is 60.6 cm³/mol. The number of halogens is 2. The van der Waals surface area contributed by atoms with Gasteiger partial charge in [-0.25, -0.2) is 4.57 Å². The lowest BCUT2D eigenvalue weighted by Gasteiger charge is -2.10. The van der Waals surface area contributed by atoms with Crippen LogP contribution in [0.2, 0.25) is 0 Å². The van der Waals surface area contributed by atoms with Gasteiger partial charge >= 0.3 is 7.75 Å². The second-order valence-corrected chi connectivity index (χ2v) is 5.49. The van der Waals surface area contributed by atoms with Crippen LogP contribution in [0.5, 0.6) is 0 Å². The van der Waals surface area contributed by atoms with Crippen molar-refractivity contribution in [3.63, 3.8) is 0 Å². The minimum atomic E-state index is -4.26. The van der Waals surface area contributed by atoms with Gasteiger partial charge in [-0.05, 0) is 34.1 Å². The molecule has 0 aliphatic carbocycles. The van der Waals surface area contributed by atoms with Crippen molar-refractivity contribution in [2.45, 2.75) is 0 Å². The van der Waals surface area contributed by atoms with Crippen LogP contribution in [-0.2, 0) is 4.57 Å². The Morgan fingerprint density at radius 2 is 1.93 bits per heavy atom. The van der Waals surface area contributed by atoms with E-state index in [9.17, 15) is 4.57 Å². The van der Waals surface area contributed by atoms with E-state index < -0.39 is 7.75 Å². The molecule has 0 saturated carbocycles. The van der Waals surface area contributed by atoms with Crippen molar-refractivity contribution < 1.29 is 14.4 Å². The number of hydrogen-bond donors (Lipinski definition) is 4. The van der Waals surface area contributed by atoms with Crippen LogP contribution < -0.4 is 10.6 Å². The minimum absolute atomic E-state index is 0.530. The summed E-state index contributed by atoms with van der Waals surface area (Å²) in [7, 11) is -4.26. The van der Waals surface area contributed by atoms with Crippen LogP contribution in [0.1, 0.15) is 0 Å². The first kappa shape index (κ1) is 12.2. The Morgan fingerprint density at radius 1 is 1.29 bits per heavy atom. The second kappa shape index (κ2) is 4.74. The summed E-state index contributed by atoms with van der Waals surface area (Å²) in [6, 6.07) is 5.22. The zero-order valence-corrected chi connectivity index (χ0v) is 10.8. The van der Waals surface area contributed by atoms with Gasteiger partial charge in [-0.1, -0.05) is 15.9 Å². The van der Waals surface area contributed by atoms with Crippen LogP contribution in [0.4, 0.5) is 5.69 Å². The smallest absolute Gasteiger partial charge is 0.311 e. The molecule has 0 aliphatic heterocycles. The van der Waals surface area contributed by atoms with Gasteiger partial charge in [0.25, 0.3) is 0 Å². The van der Waals surface area contributed by atoms with Crippen LogP contribution in [0, 0.1) is 0 Å². The number of benzene rings is 1. The molecule has 0 aliphatic rings. The third-order valence-electron chi connectivity index (χ3n) is 1.26. The van der Waals surface area contributed by atoms with Crippen molar-refractivity contribution in [2.24, 2.45) is 0 Å². The summed E-state index contributed by atoms with van der Waals surface area (Å²) in [6.07, 6.45) is 0. The maximum Gasteiger partial charge on any atom is 0.417 e. The first-order valence-corrected chi connectivity index (χ1v) is 6.62. The van der Waals surface area contributed by atoms with E-state index in [4.69, 9.17) is 9.79 Å². The molecule has 0 radical (unpaired) electrons. The van der Waals surface area contributed by atoms with Gasteiger partial charge in [0.15, 0.2) is 0 Å². The van der Waals surface area contributed by atoms with Crippen molar-refractivity contribution >= 4 is 45.3 Å². The van der Waals surface area contributed by atoms with E-state index in [1.54, 1.807) is 18.2 Å². The summed E-state index contributed by atoms with van der Waals surface area (Å²) in [5.41, 5.74) is 2.93. The number of hydrazine groups is 1. The standard InChI is InChI=1S/C6H7Br2N2O3P/c7-4-1-2-5(8)6(3-4)9-10-14(11,12)13/h1-3,9H,(H3,10,11,12,13). The predicted octanol–water partition coefficient (Wildman–Crippen LogP) is 2.22. The number of nitrogens with one attached hydrogen (secondary N) is 2. The van der Waals surface area contributed by atoms with Crippen molar-refractivity contribution in [3.05, 3.63) is 27.1 Å². The highest BCUT2D eigenvalue weighted by Gasteiger charge is 2.11. The van der Waals surface area contributed by atoms with Crippen LogP contribution in [0.15, 0.2) is 27.1 Å².